The van der Waals surface area contributed by atoms with Crippen LogP contribution in [0.4, 0.5) is 5.69 Å². The summed E-state index contributed by atoms with van der Waals surface area (Å²) >= 11 is 3.55. The van der Waals surface area contributed by atoms with E-state index in [0.717, 1.165) is 11.1 Å². The molecule has 0 atom stereocenters. The number of anilines is 1. The van der Waals surface area contributed by atoms with Crippen LogP contribution in [0.15, 0.2) is 74.4 Å². The minimum atomic E-state index is -3.80. The zero-order chi connectivity index (χ0) is 22.0. The molecule has 31 heavy (non-hydrogen) atoms. The number of amidine groups is 1. The van der Waals surface area contributed by atoms with E-state index in [1.54, 1.807) is 30.3 Å². The predicted octanol–water partition coefficient (Wildman–Crippen LogP) is 5.30. The molecule has 0 radical (unpaired) electrons. The third kappa shape index (κ3) is 4.45. The Bertz CT molecular complexity index is 1270. The van der Waals surface area contributed by atoms with Crippen LogP contribution in [0, 0.1) is 6.92 Å². The molecule has 0 saturated heterocycles. The van der Waals surface area contributed by atoms with Gasteiger partial charge in [0, 0.05) is 5.56 Å². The molecule has 0 saturated carbocycles. The second-order valence-corrected chi connectivity index (χ2v) is 9.40. The van der Waals surface area contributed by atoms with Crippen LogP contribution in [-0.4, -0.2) is 20.9 Å². The number of hydrogen-bond donors (Lipinski definition) is 1. The Hall–Kier alpha value is -2.84. The Morgan fingerprint density at radius 2 is 1.77 bits per heavy atom. The van der Waals surface area contributed by atoms with Crippen molar-refractivity contribution in [3.63, 3.8) is 0 Å². The van der Waals surface area contributed by atoms with Gasteiger partial charge in [0.05, 0.1) is 16.8 Å². The Balaban J connectivity index is 1.69. The lowest BCUT2D eigenvalue weighted by Crippen LogP contribution is -2.22. The second-order valence-electron chi connectivity index (χ2n) is 6.97. The third-order valence-corrected chi connectivity index (χ3v) is 6.77. The molecule has 0 aliphatic carbocycles. The minimum absolute atomic E-state index is 0.154. The zero-order valence-corrected chi connectivity index (χ0v) is 19.5. The number of ether oxygens (including phenoxy) is 2. The number of sulfonamides is 1. The largest absolute Gasteiger partial charge is 0.490 e. The molecule has 0 amide bonds. The first kappa shape index (κ1) is 21.4. The maximum Gasteiger partial charge on any atom is 0.286 e. The fourth-order valence-electron chi connectivity index (χ4n) is 3.27. The van der Waals surface area contributed by atoms with E-state index in [9.17, 15) is 8.42 Å². The van der Waals surface area contributed by atoms with Gasteiger partial charge in [0.2, 0.25) is 0 Å². The smallest absolute Gasteiger partial charge is 0.286 e. The quantitative estimate of drug-likeness (QED) is 0.497. The second kappa shape index (κ2) is 8.72. The molecule has 6 nitrogen and oxygen atoms in total. The number of hydrogen-bond acceptors (Lipinski definition) is 5. The molecule has 1 N–H and O–H groups in total. The topological polar surface area (TPSA) is 77.0 Å². The lowest BCUT2D eigenvalue weighted by atomic mass is 10.1. The number of nitrogens with zero attached hydrogens (tertiary/aromatic N) is 1. The normalized spacial score (nSPS) is 14.2. The highest BCUT2D eigenvalue weighted by Gasteiger charge is 2.26. The Kier molecular flexibility index (Phi) is 6.02. The van der Waals surface area contributed by atoms with Crippen LogP contribution in [0.5, 0.6) is 11.5 Å². The van der Waals surface area contributed by atoms with Crippen molar-refractivity contribution in [2.45, 2.75) is 25.3 Å². The molecule has 160 valence electrons. The van der Waals surface area contributed by atoms with E-state index in [1.807, 2.05) is 38.1 Å². The van der Waals surface area contributed by atoms with Crippen LogP contribution < -0.4 is 14.8 Å². The first-order valence-electron chi connectivity index (χ1n) is 9.74. The first-order valence-corrected chi connectivity index (χ1v) is 12.0. The third-order valence-electron chi connectivity index (χ3n) is 4.85. The molecular weight excluding hydrogens is 480 g/mol. The first-order chi connectivity index (χ1) is 14.9. The van der Waals surface area contributed by atoms with Gasteiger partial charge in [-0.3, -0.25) is 0 Å². The SMILES string of the molecule is CCOc1cc(C2=NS(=O)(=O)c3ccccc3N2)cc(Br)c1OCc1ccccc1C. The molecule has 3 aromatic carbocycles. The summed E-state index contributed by atoms with van der Waals surface area (Å²) in [6.45, 7) is 4.72. The highest BCUT2D eigenvalue weighted by atomic mass is 79.9. The van der Waals surface area contributed by atoms with E-state index in [2.05, 4.69) is 25.6 Å². The van der Waals surface area contributed by atoms with Gasteiger partial charge in [0.1, 0.15) is 11.5 Å². The molecule has 0 fully saturated rings. The number of aryl methyl sites for hydroxylation is 1. The number of halogens is 1. The van der Waals surface area contributed by atoms with E-state index < -0.39 is 10.0 Å². The van der Waals surface area contributed by atoms with Crippen LogP contribution in [0.1, 0.15) is 23.6 Å². The molecule has 0 aromatic heterocycles. The summed E-state index contributed by atoms with van der Waals surface area (Å²) in [6, 6.07) is 18.2. The molecule has 8 heteroatoms. The minimum Gasteiger partial charge on any atom is -0.490 e. The number of para-hydroxylation sites is 1. The maximum absolute atomic E-state index is 12.6. The van der Waals surface area contributed by atoms with Crippen molar-refractivity contribution in [3.8, 4) is 11.5 Å². The van der Waals surface area contributed by atoms with Crippen molar-refractivity contribution < 1.29 is 17.9 Å². The molecule has 0 unspecified atom stereocenters. The zero-order valence-electron chi connectivity index (χ0n) is 17.1. The lowest BCUT2D eigenvalue weighted by molar-refractivity contribution is 0.267. The van der Waals surface area contributed by atoms with Crippen molar-refractivity contribution in [2.24, 2.45) is 4.40 Å². The highest BCUT2D eigenvalue weighted by Crippen LogP contribution is 2.39. The van der Waals surface area contributed by atoms with Crippen molar-refractivity contribution in [1.29, 1.82) is 0 Å². The summed E-state index contributed by atoms with van der Waals surface area (Å²) in [5, 5.41) is 3.10. The highest BCUT2D eigenvalue weighted by molar-refractivity contribution is 9.10. The summed E-state index contributed by atoms with van der Waals surface area (Å²) < 4.78 is 41.7. The molecule has 1 aliphatic heterocycles. The summed E-state index contributed by atoms with van der Waals surface area (Å²) in [6.07, 6.45) is 0. The van der Waals surface area contributed by atoms with Gasteiger partial charge >= 0.3 is 0 Å². The van der Waals surface area contributed by atoms with Gasteiger partial charge in [0.25, 0.3) is 10.0 Å². The Morgan fingerprint density at radius 3 is 2.55 bits per heavy atom. The van der Waals surface area contributed by atoms with Gasteiger partial charge in [-0.1, -0.05) is 36.4 Å². The standard InChI is InChI=1S/C23H21BrN2O4S/c1-3-29-20-13-17(23-25-19-10-6-7-11-21(19)31(27,28)26-23)12-18(24)22(20)30-14-16-9-5-4-8-15(16)2/h4-13H,3,14H2,1-2H3,(H,25,26). The summed E-state index contributed by atoms with van der Waals surface area (Å²) in [5.74, 6) is 1.28. The maximum atomic E-state index is 12.6. The van der Waals surface area contributed by atoms with E-state index in [1.165, 1.54) is 6.07 Å². The summed E-state index contributed by atoms with van der Waals surface area (Å²) in [5.41, 5.74) is 3.26. The van der Waals surface area contributed by atoms with Crippen molar-refractivity contribution in [3.05, 3.63) is 81.8 Å². The molecule has 4 rings (SSSR count). The molecular formula is C23H21BrN2O4S. The van der Waals surface area contributed by atoms with Crippen LogP contribution in [0.2, 0.25) is 0 Å². The van der Waals surface area contributed by atoms with Gasteiger partial charge in [-0.2, -0.15) is 8.42 Å². The number of fused-ring (bicyclic) bond motifs is 1. The van der Waals surface area contributed by atoms with E-state index in [-0.39, 0.29) is 10.7 Å². The predicted molar refractivity (Wildman–Crippen MR) is 125 cm³/mol. The van der Waals surface area contributed by atoms with Crippen LogP contribution in [-0.2, 0) is 16.6 Å². The average molecular weight is 501 g/mol. The summed E-state index contributed by atoms with van der Waals surface area (Å²) in [4.78, 5) is 0.154. The van der Waals surface area contributed by atoms with Gasteiger partial charge in [-0.25, -0.2) is 0 Å². The summed E-state index contributed by atoms with van der Waals surface area (Å²) in [7, 11) is -3.80. The van der Waals surface area contributed by atoms with Crippen LogP contribution in [0.3, 0.4) is 0 Å². The fraction of sp³-hybridized carbons (Fsp3) is 0.174. The van der Waals surface area contributed by atoms with Crippen molar-refractivity contribution in [1.82, 2.24) is 0 Å². The molecule has 1 aliphatic rings. The molecule has 0 bridgehead atoms. The molecule has 0 spiro atoms. The van der Waals surface area contributed by atoms with Gasteiger partial charge in [0.15, 0.2) is 17.3 Å². The fourth-order valence-corrected chi connectivity index (χ4v) is 4.96. The molecule has 1 heterocycles. The van der Waals surface area contributed by atoms with Gasteiger partial charge in [-0.15, -0.1) is 4.40 Å². The molecule has 3 aromatic rings. The number of benzene rings is 3. The van der Waals surface area contributed by atoms with E-state index in [4.69, 9.17) is 9.47 Å². The monoisotopic (exact) mass is 500 g/mol. The average Bonchev–Trinajstić information content (AvgIpc) is 2.74. The number of nitrogens with one attached hydrogen (secondary N) is 1. The van der Waals surface area contributed by atoms with E-state index in [0.29, 0.717) is 40.4 Å². The van der Waals surface area contributed by atoms with Crippen molar-refractivity contribution >= 4 is 37.5 Å². The Morgan fingerprint density at radius 1 is 1.03 bits per heavy atom. The van der Waals surface area contributed by atoms with Crippen LogP contribution >= 0.6 is 15.9 Å². The van der Waals surface area contributed by atoms with Crippen molar-refractivity contribution in [2.75, 3.05) is 11.9 Å². The Labute approximate surface area is 190 Å². The van der Waals surface area contributed by atoms with Gasteiger partial charge in [-0.05, 0) is 65.2 Å². The van der Waals surface area contributed by atoms with Gasteiger partial charge < -0.3 is 14.8 Å². The van der Waals surface area contributed by atoms with E-state index >= 15 is 0 Å². The number of rotatable bonds is 6. The van der Waals surface area contributed by atoms with Crippen LogP contribution in [0.25, 0.3) is 0 Å². The lowest BCUT2D eigenvalue weighted by Gasteiger charge is -2.20.